The maximum Gasteiger partial charge on any atom is 0.220 e. The normalized spacial score (nSPS) is 21.2. The van der Waals surface area contributed by atoms with Gasteiger partial charge in [-0.25, -0.2) is 0 Å². The van der Waals surface area contributed by atoms with Crippen LogP contribution in [0.15, 0.2) is 146 Å². The van der Waals surface area contributed by atoms with E-state index in [-0.39, 0.29) is 12.5 Å². The van der Waals surface area contributed by atoms with Crippen molar-refractivity contribution in [3.8, 4) is 0 Å². The lowest BCUT2D eigenvalue weighted by molar-refractivity contribution is -0.302. The van der Waals surface area contributed by atoms with Crippen LogP contribution in [0.4, 0.5) is 0 Å². The summed E-state index contributed by atoms with van der Waals surface area (Å²) in [5, 5.41) is 54.0. The van der Waals surface area contributed by atoms with Crippen LogP contribution in [0.3, 0.4) is 0 Å². The maximum atomic E-state index is 12.9. The monoisotopic (exact) mass is 902 g/mol. The third-order valence-corrected chi connectivity index (χ3v) is 10.5. The van der Waals surface area contributed by atoms with Crippen LogP contribution in [0, 0.1) is 0 Å². The first-order valence-electron chi connectivity index (χ1n) is 24.5. The lowest BCUT2D eigenvalue weighted by atomic mass is 9.99. The molecule has 0 aromatic carbocycles. The molecule has 1 aliphatic rings. The van der Waals surface area contributed by atoms with Gasteiger partial charge in [-0.1, -0.05) is 172 Å². The first-order valence-corrected chi connectivity index (χ1v) is 24.5. The zero-order chi connectivity index (χ0) is 47.3. The van der Waals surface area contributed by atoms with Crippen LogP contribution >= 0.6 is 0 Å². The number of ether oxygens (including phenoxy) is 2. The van der Waals surface area contributed by atoms with Crippen molar-refractivity contribution in [3.63, 3.8) is 0 Å². The van der Waals surface area contributed by atoms with Crippen LogP contribution < -0.4 is 5.32 Å². The Labute approximate surface area is 393 Å². The van der Waals surface area contributed by atoms with Gasteiger partial charge in [0.15, 0.2) is 6.29 Å². The molecule has 6 N–H and O–H groups in total. The molecule has 9 nitrogen and oxygen atoms in total. The lowest BCUT2D eigenvalue weighted by Gasteiger charge is -2.40. The highest BCUT2D eigenvalue weighted by atomic mass is 16.7. The average Bonchev–Trinajstić information content (AvgIpc) is 3.31. The van der Waals surface area contributed by atoms with E-state index in [4.69, 9.17) is 9.47 Å². The lowest BCUT2D eigenvalue weighted by Crippen LogP contribution is -2.60. The van der Waals surface area contributed by atoms with E-state index in [9.17, 15) is 30.3 Å². The Morgan fingerprint density at radius 1 is 0.554 bits per heavy atom. The highest BCUT2D eigenvalue weighted by Crippen LogP contribution is 2.22. The third kappa shape index (κ3) is 34.1. The van der Waals surface area contributed by atoms with Gasteiger partial charge in [-0.15, -0.1) is 0 Å². The molecule has 0 bridgehead atoms. The predicted octanol–water partition coefficient (Wildman–Crippen LogP) is 11.2. The van der Waals surface area contributed by atoms with Crippen molar-refractivity contribution in [1.29, 1.82) is 0 Å². The smallest absolute Gasteiger partial charge is 0.220 e. The molecule has 9 heteroatoms. The molecule has 7 unspecified atom stereocenters. The largest absolute Gasteiger partial charge is 0.394 e. The summed E-state index contributed by atoms with van der Waals surface area (Å²) in [6, 6.07) is -0.848. The van der Waals surface area contributed by atoms with Crippen molar-refractivity contribution < 1.29 is 39.8 Å². The molecular weight excluding hydrogens is 815 g/mol. The van der Waals surface area contributed by atoms with E-state index in [0.717, 1.165) is 116 Å². The van der Waals surface area contributed by atoms with Crippen molar-refractivity contribution in [2.75, 3.05) is 13.2 Å². The Hall–Kier alpha value is -3.93. The summed E-state index contributed by atoms with van der Waals surface area (Å²) >= 11 is 0. The number of carbonyl (C=O) groups excluding carboxylic acids is 1. The number of rotatable bonds is 38. The number of aliphatic hydroxyl groups is 5. The van der Waals surface area contributed by atoms with Crippen molar-refractivity contribution in [1.82, 2.24) is 5.32 Å². The van der Waals surface area contributed by atoms with Crippen molar-refractivity contribution in [2.24, 2.45) is 0 Å². The van der Waals surface area contributed by atoms with E-state index in [1.54, 1.807) is 6.08 Å². The minimum absolute atomic E-state index is 0.222. The fraction of sp³-hybridized carbons (Fsp3) is 0.554. The Kier molecular flexibility index (Phi) is 39.9. The van der Waals surface area contributed by atoms with Crippen LogP contribution in [0.25, 0.3) is 0 Å². The van der Waals surface area contributed by atoms with Gasteiger partial charge in [0.1, 0.15) is 24.4 Å². The topological polar surface area (TPSA) is 149 Å². The molecule has 0 spiro atoms. The Morgan fingerprint density at radius 3 is 1.48 bits per heavy atom. The second-order valence-corrected chi connectivity index (χ2v) is 16.2. The van der Waals surface area contributed by atoms with Crippen molar-refractivity contribution in [2.45, 2.75) is 185 Å². The van der Waals surface area contributed by atoms with E-state index in [1.165, 1.54) is 0 Å². The standard InChI is InChI=1S/C56H87NO8/c1-3-5-7-9-11-13-14-15-16-17-18-19-20-21-22-23-24-25-26-27-28-29-30-31-32-33-34-35-36-38-40-42-44-46-52(60)57-49(50(59)45-43-41-39-37-12-10-8-6-4-2)48-64-56-55(63)54(62)53(61)51(47-58)65-56/h4-7,11-13,15-16,18-19,21-22,24-25,27-28,30-31,33-34,37,43,45,49-51,53-56,58-59,61-63H,3,8-10,14,17,20,23,26,29,32,35-36,38-42,44,46-48H2,1-2H3,(H,57,60)/b6-4+,7-5-,13-11-,16-15-,19-18-,22-21-,25-24-,28-27-,31-30-,34-33-,37-12+,45-43+. The number of carbonyl (C=O) groups is 1. The fourth-order valence-corrected chi connectivity index (χ4v) is 6.60. The summed E-state index contributed by atoms with van der Waals surface area (Å²) in [5.74, 6) is -0.222. The summed E-state index contributed by atoms with van der Waals surface area (Å²) in [7, 11) is 0. The summed E-state index contributed by atoms with van der Waals surface area (Å²) < 4.78 is 11.1. The quantitative estimate of drug-likeness (QED) is 0.0265. The zero-order valence-electron chi connectivity index (χ0n) is 39.9. The van der Waals surface area contributed by atoms with Crippen LogP contribution in [0.5, 0.6) is 0 Å². The van der Waals surface area contributed by atoms with Gasteiger partial charge in [0.25, 0.3) is 0 Å². The van der Waals surface area contributed by atoms with E-state index in [1.807, 2.05) is 19.1 Å². The van der Waals surface area contributed by atoms with E-state index >= 15 is 0 Å². The second kappa shape index (κ2) is 43.9. The number of nitrogens with one attached hydrogen (secondary N) is 1. The van der Waals surface area contributed by atoms with Crippen LogP contribution in [-0.2, 0) is 14.3 Å². The molecular formula is C56H87NO8. The summed E-state index contributed by atoms with van der Waals surface area (Å²) in [4.78, 5) is 12.9. The molecule has 65 heavy (non-hydrogen) atoms. The molecule has 364 valence electrons. The van der Waals surface area contributed by atoms with Crippen LogP contribution in [0.1, 0.15) is 142 Å². The summed E-state index contributed by atoms with van der Waals surface area (Å²) in [6.07, 6.45) is 62.2. The highest BCUT2D eigenvalue weighted by molar-refractivity contribution is 5.76. The minimum atomic E-state index is -1.59. The number of amides is 1. The third-order valence-electron chi connectivity index (χ3n) is 10.5. The van der Waals surface area contributed by atoms with Crippen molar-refractivity contribution in [3.05, 3.63) is 146 Å². The van der Waals surface area contributed by atoms with Gasteiger partial charge in [-0.2, -0.15) is 0 Å². The van der Waals surface area contributed by atoms with Gasteiger partial charge < -0.3 is 40.3 Å². The summed E-state index contributed by atoms with van der Waals surface area (Å²) in [5.41, 5.74) is 0. The summed E-state index contributed by atoms with van der Waals surface area (Å²) in [6.45, 7) is 3.35. The molecule has 0 radical (unpaired) electrons. The Morgan fingerprint density at radius 2 is 0.985 bits per heavy atom. The van der Waals surface area contributed by atoms with Gasteiger partial charge in [0.05, 0.1) is 25.4 Å². The molecule has 1 amide bonds. The maximum absolute atomic E-state index is 12.9. The van der Waals surface area contributed by atoms with E-state index in [2.05, 4.69) is 140 Å². The number of hydrogen-bond acceptors (Lipinski definition) is 8. The van der Waals surface area contributed by atoms with Gasteiger partial charge in [0.2, 0.25) is 5.91 Å². The SMILES string of the molecule is C/C=C/CC/C=C/CC/C=C/C(O)C(COC1OC(CO)C(O)C(O)C1O)NC(=O)CCCCCCC/C=C\C/C=C\C/C=C\C/C=C\C/C=C\C/C=C\C/C=C\C/C=C\C/C=C\CC. The highest BCUT2D eigenvalue weighted by Gasteiger charge is 2.44. The van der Waals surface area contributed by atoms with Gasteiger partial charge in [0, 0.05) is 6.42 Å². The van der Waals surface area contributed by atoms with Crippen molar-refractivity contribution >= 4 is 5.91 Å². The number of aliphatic hydroxyl groups excluding tert-OH is 5. The van der Waals surface area contributed by atoms with Gasteiger partial charge >= 0.3 is 0 Å². The number of allylic oxidation sites excluding steroid dienone is 23. The first kappa shape index (κ1) is 59.1. The zero-order valence-corrected chi connectivity index (χ0v) is 39.9. The molecule has 0 aliphatic carbocycles. The average molecular weight is 902 g/mol. The number of hydrogen-bond donors (Lipinski definition) is 6. The molecule has 0 aromatic rings. The molecule has 1 aliphatic heterocycles. The first-order chi connectivity index (χ1) is 31.8. The van der Waals surface area contributed by atoms with Gasteiger partial charge in [-0.05, 0) is 110 Å². The molecule has 0 aromatic heterocycles. The van der Waals surface area contributed by atoms with Crippen LogP contribution in [0.2, 0.25) is 0 Å². The minimum Gasteiger partial charge on any atom is -0.394 e. The fourth-order valence-electron chi connectivity index (χ4n) is 6.60. The second-order valence-electron chi connectivity index (χ2n) is 16.2. The molecule has 1 heterocycles. The molecule has 1 saturated heterocycles. The Bertz CT molecular complexity index is 1510. The van der Waals surface area contributed by atoms with Crippen LogP contribution in [-0.4, -0.2) is 87.5 Å². The molecule has 7 atom stereocenters. The number of unbranched alkanes of at least 4 members (excludes halogenated alkanes) is 7. The Balaban J connectivity index is 2.23. The molecule has 1 rings (SSSR count). The predicted molar refractivity (Wildman–Crippen MR) is 271 cm³/mol. The molecule has 1 fully saturated rings. The van der Waals surface area contributed by atoms with E-state index < -0.39 is 49.5 Å². The van der Waals surface area contributed by atoms with Gasteiger partial charge in [-0.3, -0.25) is 4.79 Å². The van der Waals surface area contributed by atoms with E-state index in [0.29, 0.717) is 12.8 Å². The molecule has 0 saturated carbocycles.